The summed E-state index contributed by atoms with van der Waals surface area (Å²) < 4.78 is 25.3. The van der Waals surface area contributed by atoms with Crippen LogP contribution < -0.4 is 14.4 Å². The van der Waals surface area contributed by atoms with Crippen molar-refractivity contribution >= 4 is 22.6 Å². The quantitative estimate of drug-likeness (QED) is 0.665. The van der Waals surface area contributed by atoms with Crippen LogP contribution in [0.3, 0.4) is 0 Å². The number of rotatable bonds is 2. The molecule has 2 aromatic carbocycles. The maximum absolute atomic E-state index is 14.0. The van der Waals surface area contributed by atoms with E-state index in [4.69, 9.17) is 9.47 Å². The van der Waals surface area contributed by atoms with E-state index in [1.165, 1.54) is 18.5 Å². The summed E-state index contributed by atoms with van der Waals surface area (Å²) in [4.78, 5) is 25.3. The molecular formula is C21H19FN4O3. The topological polar surface area (TPSA) is 67.8 Å². The van der Waals surface area contributed by atoms with E-state index in [2.05, 4.69) is 14.9 Å². The number of nitrogens with zero attached hydrogens (tertiary/aromatic N) is 4. The average molecular weight is 394 g/mol. The van der Waals surface area contributed by atoms with E-state index in [0.717, 1.165) is 16.7 Å². The predicted molar refractivity (Wildman–Crippen MR) is 105 cm³/mol. The lowest BCUT2D eigenvalue weighted by Crippen LogP contribution is -2.49. The Bertz CT molecular complexity index is 1080. The number of ether oxygens (including phenoxy) is 2. The Hall–Kier alpha value is -3.42. The van der Waals surface area contributed by atoms with Gasteiger partial charge in [0.2, 0.25) is 0 Å². The van der Waals surface area contributed by atoms with Gasteiger partial charge < -0.3 is 19.3 Å². The van der Waals surface area contributed by atoms with Crippen molar-refractivity contribution < 1.29 is 18.7 Å². The largest absolute Gasteiger partial charge is 0.486 e. The van der Waals surface area contributed by atoms with Crippen molar-refractivity contribution in [3.05, 3.63) is 54.1 Å². The molecule has 3 aromatic rings. The average Bonchev–Trinajstić information content (AvgIpc) is 2.77. The zero-order valence-electron chi connectivity index (χ0n) is 15.7. The van der Waals surface area contributed by atoms with Gasteiger partial charge in [0.25, 0.3) is 5.91 Å². The van der Waals surface area contributed by atoms with Gasteiger partial charge in [-0.3, -0.25) is 4.79 Å². The van der Waals surface area contributed by atoms with Gasteiger partial charge in [0, 0.05) is 37.6 Å². The molecule has 8 heteroatoms. The van der Waals surface area contributed by atoms with Crippen LogP contribution in [-0.4, -0.2) is 60.2 Å². The number of aromatic nitrogens is 2. The highest BCUT2D eigenvalue weighted by Crippen LogP contribution is 2.36. The lowest BCUT2D eigenvalue weighted by Gasteiger charge is -2.36. The molecule has 0 spiro atoms. The van der Waals surface area contributed by atoms with E-state index in [0.29, 0.717) is 50.9 Å². The summed E-state index contributed by atoms with van der Waals surface area (Å²) in [5.74, 6) is 1.40. The van der Waals surface area contributed by atoms with Crippen LogP contribution >= 0.6 is 0 Å². The molecule has 1 aromatic heterocycles. The summed E-state index contributed by atoms with van der Waals surface area (Å²) in [5, 5.41) is 0.880. The first-order chi connectivity index (χ1) is 14.2. The van der Waals surface area contributed by atoms with Crippen LogP contribution in [-0.2, 0) is 0 Å². The van der Waals surface area contributed by atoms with E-state index in [-0.39, 0.29) is 11.5 Å². The first-order valence-corrected chi connectivity index (χ1v) is 9.54. The molecule has 1 saturated heterocycles. The van der Waals surface area contributed by atoms with Gasteiger partial charge in [0.05, 0.1) is 11.1 Å². The van der Waals surface area contributed by atoms with Crippen molar-refractivity contribution in [2.75, 3.05) is 44.3 Å². The van der Waals surface area contributed by atoms with Gasteiger partial charge in [0.15, 0.2) is 11.5 Å². The van der Waals surface area contributed by atoms with E-state index in [1.54, 1.807) is 17.0 Å². The summed E-state index contributed by atoms with van der Waals surface area (Å²) >= 11 is 0. The highest BCUT2D eigenvalue weighted by Gasteiger charge is 2.26. The van der Waals surface area contributed by atoms with E-state index >= 15 is 0 Å². The minimum Gasteiger partial charge on any atom is -0.486 e. The van der Waals surface area contributed by atoms with Gasteiger partial charge in [-0.2, -0.15) is 0 Å². The molecule has 7 nitrogen and oxygen atoms in total. The van der Waals surface area contributed by atoms with E-state index in [9.17, 15) is 9.18 Å². The van der Waals surface area contributed by atoms with E-state index < -0.39 is 5.82 Å². The Labute approximate surface area is 166 Å². The number of amides is 1. The second kappa shape index (κ2) is 7.20. The third kappa shape index (κ3) is 3.20. The standard InChI is InChI=1S/C21H19FN4O3/c22-16-4-2-1-3-14(16)21(27)26-7-5-25(6-8-26)20-15-11-18-19(29-10-9-28-18)12-17(15)23-13-24-20/h1-4,11-13H,5-10H2. The minimum absolute atomic E-state index is 0.109. The number of fused-ring (bicyclic) bond motifs is 2. The lowest BCUT2D eigenvalue weighted by atomic mass is 10.1. The molecule has 5 rings (SSSR count). The van der Waals surface area contributed by atoms with Gasteiger partial charge >= 0.3 is 0 Å². The molecule has 0 aliphatic carbocycles. The van der Waals surface area contributed by atoms with Crippen LogP contribution in [0.25, 0.3) is 10.9 Å². The summed E-state index contributed by atoms with van der Waals surface area (Å²) in [7, 11) is 0. The Morgan fingerprint density at radius 1 is 0.966 bits per heavy atom. The molecule has 2 aliphatic rings. The molecule has 3 heterocycles. The Morgan fingerprint density at radius 3 is 2.45 bits per heavy atom. The molecule has 0 bridgehead atoms. The second-order valence-electron chi connectivity index (χ2n) is 6.97. The summed E-state index contributed by atoms with van der Waals surface area (Å²) in [6, 6.07) is 9.86. The molecular weight excluding hydrogens is 375 g/mol. The first kappa shape index (κ1) is 17.7. The number of carbonyl (C=O) groups excluding carboxylic acids is 1. The molecule has 0 radical (unpaired) electrons. The van der Waals surface area contributed by atoms with Crippen molar-refractivity contribution in [1.29, 1.82) is 0 Å². The summed E-state index contributed by atoms with van der Waals surface area (Å²) in [6.45, 7) is 3.21. The number of halogens is 1. The normalized spacial score (nSPS) is 16.2. The Kier molecular flexibility index (Phi) is 4.38. The zero-order chi connectivity index (χ0) is 19.8. The maximum Gasteiger partial charge on any atom is 0.256 e. The number of anilines is 1. The Morgan fingerprint density at radius 2 is 1.69 bits per heavy atom. The highest BCUT2D eigenvalue weighted by atomic mass is 19.1. The molecule has 1 fully saturated rings. The number of piperazine rings is 1. The SMILES string of the molecule is O=C(c1ccccc1F)N1CCN(c2ncnc3cc4c(cc23)OCCO4)CC1. The van der Waals surface area contributed by atoms with Crippen LogP contribution in [0.15, 0.2) is 42.7 Å². The summed E-state index contributed by atoms with van der Waals surface area (Å²) in [5.41, 5.74) is 0.890. The van der Waals surface area contributed by atoms with Crippen molar-refractivity contribution in [1.82, 2.24) is 14.9 Å². The van der Waals surface area contributed by atoms with Gasteiger partial charge in [-0.25, -0.2) is 14.4 Å². The number of hydrogen-bond acceptors (Lipinski definition) is 6. The smallest absolute Gasteiger partial charge is 0.256 e. The zero-order valence-corrected chi connectivity index (χ0v) is 15.7. The van der Waals surface area contributed by atoms with Gasteiger partial charge in [-0.1, -0.05) is 12.1 Å². The minimum atomic E-state index is -0.492. The van der Waals surface area contributed by atoms with Gasteiger partial charge in [0.1, 0.15) is 31.2 Å². The van der Waals surface area contributed by atoms with Crippen LogP contribution in [0.2, 0.25) is 0 Å². The molecule has 2 aliphatic heterocycles. The highest BCUT2D eigenvalue weighted by molar-refractivity contribution is 5.95. The predicted octanol–water partition coefficient (Wildman–Crippen LogP) is 2.50. The van der Waals surface area contributed by atoms with Crippen LogP contribution in [0.5, 0.6) is 11.5 Å². The molecule has 0 atom stereocenters. The van der Waals surface area contributed by atoms with Crippen molar-refractivity contribution in [3.8, 4) is 11.5 Å². The fourth-order valence-electron chi connectivity index (χ4n) is 3.76. The fourth-order valence-corrected chi connectivity index (χ4v) is 3.76. The lowest BCUT2D eigenvalue weighted by molar-refractivity contribution is 0.0742. The Balaban J connectivity index is 1.38. The fraction of sp³-hybridized carbons (Fsp3) is 0.286. The number of benzene rings is 2. The summed E-state index contributed by atoms with van der Waals surface area (Å²) in [6.07, 6.45) is 1.53. The van der Waals surface area contributed by atoms with Gasteiger partial charge in [-0.05, 0) is 18.2 Å². The first-order valence-electron chi connectivity index (χ1n) is 9.54. The number of hydrogen-bond donors (Lipinski definition) is 0. The molecule has 29 heavy (non-hydrogen) atoms. The van der Waals surface area contributed by atoms with Crippen molar-refractivity contribution in [2.45, 2.75) is 0 Å². The number of carbonyl (C=O) groups is 1. The third-order valence-corrected chi connectivity index (χ3v) is 5.25. The monoisotopic (exact) mass is 394 g/mol. The van der Waals surface area contributed by atoms with Crippen molar-refractivity contribution in [3.63, 3.8) is 0 Å². The van der Waals surface area contributed by atoms with Crippen LogP contribution in [0.4, 0.5) is 10.2 Å². The molecule has 0 unspecified atom stereocenters. The molecule has 0 N–H and O–H groups in total. The van der Waals surface area contributed by atoms with Crippen LogP contribution in [0.1, 0.15) is 10.4 Å². The molecule has 0 saturated carbocycles. The third-order valence-electron chi connectivity index (χ3n) is 5.25. The van der Waals surface area contributed by atoms with Crippen molar-refractivity contribution in [2.24, 2.45) is 0 Å². The van der Waals surface area contributed by atoms with Gasteiger partial charge in [-0.15, -0.1) is 0 Å². The molecule has 148 valence electrons. The second-order valence-corrected chi connectivity index (χ2v) is 6.97. The van der Waals surface area contributed by atoms with E-state index in [1.807, 2.05) is 12.1 Å². The van der Waals surface area contributed by atoms with Crippen LogP contribution in [0, 0.1) is 5.82 Å². The maximum atomic E-state index is 14.0. The molecule has 1 amide bonds.